The van der Waals surface area contributed by atoms with Gasteiger partial charge in [-0.3, -0.25) is 9.69 Å². The van der Waals surface area contributed by atoms with Crippen molar-refractivity contribution in [2.24, 2.45) is 0 Å². The van der Waals surface area contributed by atoms with E-state index in [1.54, 1.807) is 7.05 Å². The first-order valence-electron chi connectivity index (χ1n) is 5.93. The summed E-state index contributed by atoms with van der Waals surface area (Å²) in [6.07, 6.45) is 0. The molecule has 0 aliphatic rings. The van der Waals surface area contributed by atoms with Crippen molar-refractivity contribution in [1.82, 2.24) is 4.90 Å². The van der Waals surface area contributed by atoms with E-state index in [9.17, 15) is 10.1 Å². The summed E-state index contributed by atoms with van der Waals surface area (Å²) in [6, 6.07) is 15.1. The monoisotopic (exact) mass is 254 g/mol. The molecule has 2 aromatic carbocycles. The number of carboxylic acid groups (broad SMARTS) is 1. The largest absolute Gasteiger partial charge is 0.480 e. The van der Waals surface area contributed by atoms with E-state index in [0.29, 0.717) is 0 Å². The first kappa shape index (κ1) is 13.1. The van der Waals surface area contributed by atoms with Crippen molar-refractivity contribution in [3.05, 3.63) is 48.0 Å². The minimum absolute atomic E-state index is 0.165. The van der Waals surface area contributed by atoms with E-state index in [4.69, 9.17) is 5.11 Å². The minimum atomic E-state index is -0.942. The second-order valence-electron chi connectivity index (χ2n) is 4.41. The summed E-state index contributed by atoms with van der Waals surface area (Å²) in [5, 5.41) is 20.2. The first-order chi connectivity index (χ1) is 9.13. The molecule has 0 aliphatic heterocycles. The fourth-order valence-corrected chi connectivity index (χ4v) is 2.20. The van der Waals surface area contributed by atoms with Crippen LogP contribution in [0.2, 0.25) is 0 Å². The lowest BCUT2D eigenvalue weighted by atomic mass is 9.98. The van der Waals surface area contributed by atoms with Crippen LogP contribution in [0.25, 0.3) is 10.8 Å². The zero-order chi connectivity index (χ0) is 13.8. The maximum absolute atomic E-state index is 10.8. The molecule has 0 radical (unpaired) electrons. The van der Waals surface area contributed by atoms with Crippen LogP contribution < -0.4 is 0 Å². The van der Waals surface area contributed by atoms with E-state index in [2.05, 4.69) is 6.07 Å². The second kappa shape index (κ2) is 5.51. The van der Waals surface area contributed by atoms with Gasteiger partial charge in [-0.25, -0.2) is 0 Å². The Bertz CT molecular complexity index is 641. The molecular formula is C15H14N2O2. The highest BCUT2D eigenvalue weighted by atomic mass is 16.4. The van der Waals surface area contributed by atoms with Gasteiger partial charge < -0.3 is 5.11 Å². The normalized spacial score (nSPS) is 12.3. The Kier molecular flexibility index (Phi) is 3.79. The van der Waals surface area contributed by atoms with Crippen LogP contribution in [-0.4, -0.2) is 29.6 Å². The summed E-state index contributed by atoms with van der Waals surface area (Å²) in [5.41, 5.74) is 0.837. The maximum Gasteiger partial charge on any atom is 0.317 e. The molecule has 96 valence electrons. The summed E-state index contributed by atoms with van der Waals surface area (Å²) in [4.78, 5) is 12.3. The molecule has 1 N–H and O–H groups in total. The average molecular weight is 254 g/mol. The predicted octanol–water partition coefficient (Wildman–Crippen LogP) is 2.42. The summed E-state index contributed by atoms with van der Waals surface area (Å²) >= 11 is 0. The number of aliphatic carboxylic acids is 1. The van der Waals surface area contributed by atoms with Gasteiger partial charge in [0.2, 0.25) is 0 Å². The molecule has 4 heteroatoms. The van der Waals surface area contributed by atoms with Crippen LogP contribution in [0.15, 0.2) is 42.5 Å². The molecule has 2 aromatic rings. The SMILES string of the molecule is CN(CC(=O)O)C(C#N)c1cccc2ccccc12. The Labute approximate surface area is 111 Å². The molecule has 0 aromatic heterocycles. The third-order valence-electron chi connectivity index (χ3n) is 3.07. The molecular weight excluding hydrogens is 240 g/mol. The van der Waals surface area contributed by atoms with Gasteiger partial charge in [-0.05, 0) is 23.4 Å². The smallest absolute Gasteiger partial charge is 0.317 e. The number of carbonyl (C=O) groups is 1. The molecule has 2 rings (SSSR count). The summed E-state index contributed by atoms with van der Waals surface area (Å²) in [7, 11) is 1.64. The molecule has 4 nitrogen and oxygen atoms in total. The molecule has 0 spiro atoms. The van der Waals surface area contributed by atoms with Gasteiger partial charge in [0.15, 0.2) is 0 Å². The van der Waals surface area contributed by atoms with Gasteiger partial charge in [0.1, 0.15) is 6.04 Å². The Morgan fingerprint density at radius 3 is 2.68 bits per heavy atom. The Hall–Kier alpha value is -2.38. The number of fused-ring (bicyclic) bond motifs is 1. The summed E-state index contributed by atoms with van der Waals surface area (Å²) < 4.78 is 0. The Morgan fingerprint density at radius 1 is 1.32 bits per heavy atom. The van der Waals surface area contributed by atoms with Gasteiger partial charge in [0.05, 0.1) is 12.6 Å². The van der Waals surface area contributed by atoms with Gasteiger partial charge in [-0.2, -0.15) is 5.26 Å². The maximum atomic E-state index is 10.8. The molecule has 0 amide bonds. The molecule has 0 saturated heterocycles. The Balaban J connectivity index is 2.47. The van der Waals surface area contributed by atoms with E-state index < -0.39 is 12.0 Å². The molecule has 0 saturated carbocycles. The molecule has 1 unspecified atom stereocenters. The molecule has 0 bridgehead atoms. The lowest BCUT2D eigenvalue weighted by Crippen LogP contribution is -2.29. The zero-order valence-electron chi connectivity index (χ0n) is 10.6. The van der Waals surface area contributed by atoms with E-state index in [-0.39, 0.29) is 6.54 Å². The standard InChI is InChI=1S/C15H14N2O2/c1-17(10-15(18)19)14(9-16)13-8-4-6-11-5-2-3-7-12(11)13/h2-8,14H,10H2,1H3,(H,18,19). The van der Waals surface area contributed by atoms with Gasteiger partial charge in [0.25, 0.3) is 0 Å². The predicted molar refractivity (Wildman–Crippen MR) is 72.6 cm³/mol. The quantitative estimate of drug-likeness (QED) is 0.910. The molecule has 0 heterocycles. The first-order valence-corrected chi connectivity index (χ1v) is 5.93. The van der Waals surface area contributed by atoms with Crippen LogP contribution >= 0.6 is 0 Å². The summed E-state index contributed by atoms with van der Waals surface area (Å²) in [5.74, 6) is -0.942. The number of nitriles is 1. The van der Waals surface area contributed by atoms with Gasteiger partial charge >= 0.3 is 5.97 Å². The van der Waals surface area contributed by atoms with E-state index in [0.717, 1.165) is 16.3 Å². The van der Waals surface area contributed by atoms with Crippen LogP contribution in [0, 0.1) is 11.3 Å². The highest BCUT2D eigenvalue weighted by molar-refractivity contribution is 5.86. The number of likely N-dealkylation sites (N-methyl/N-ethyl adjacent to an activating group) is 1. The van der Waals surface area contributed by atoms with E-state index >= 15 is 0 Å². The number of hydrogen-bond donors (Lipinski definition) is 1. The van der Waals surface area contributed by atoms with Gasteiger partial charge in [0, 0.05) is 0 Å². The van der Waals surface area contributed by atoms with Crippen molar-refractivity contribution in [1.29, 1.82) is 5.26 Å². The van der Waals surface area contributed by atoms with Crippen molar-refractivity contribution in [2.75, 3.05) is 13.6 Å². The second-order valence-corrected chi connectivity index (χ2v) is 4.41. The Morgan fingerprint density at radius 2 is 2.00 bits per heavy atom. The topological polar surface area (TPSA) is 64.3 Å². The van der Waals surface area contributed by atoms with Crippen LogP contribution in [0.4, 0.5) is 0 Å². The van der Waals surface area contributed by atoms with Crippen LogP contribution in [0.1, 0.15) is 11.6 Å². The number of rotatable bonds is 4. The van der Waals surface area contributed by atoms with E-state index in [1.807, 2.05) is 42.5 Å². The van der Waals surface area contributed by atoms with Crippen molar-refractivity contribution < 1.29 is 9.90 Å². The molecule has 0 fully saturated rings. The lowest BCUT2D eigenvalue weighted by Gasteiger charge is -2.22. The lowest BCUT2D eigenvalue weighted by molar-refractivity contribution is -0.138. The van der Waals surface area contributed by atoms with Crippen molar-refractivity contribution in [3.8, 4) is 6.07 Å². The molecule has 1 atom stereocenters. The van der Waals surface area contributed by atoms with Gasteiger partial charge in [-0.1, -0.05) is 42.5 Å². The molecule has 0 aliphatic carbocycles. The van der Waals surface area contributed by atoms with Crippen LogP contribution in [0.3, 0.4) is 0 Å². The number of benzene rings is 2. The highest BCUT2D eigenvalue weighted by Crippen LogP contribution is 2.27. The fourth-order valence-electron chi connectivity index (χ4n) is 2.20. The van der Waals surface area contributed by atoms with Gasteiger partial charge in [-0.15, -0.1) is 0 Å². The highest BCUT2D eigenvalue weighted by Gasteiger charge is 2.20. The van der Waals surface area contributed by atoms with Crippen molar-refractivity contribution in [2.45, 2.75) is 6.04 Å². The van der Waals surface area contributed by atoms with Crippen molar-refractivity contribution >= 4 is 16.7 Å². The minimum Gasteiger partial charge on any atom is -0.480 e. The average Bonchev–Trinajstić information content (AvgIpc) is 2.39. The zero-order valence-corrected chi connectivity index (χ0v) is 10.6. The third kappa shape index (κ3) is 2.72. The van der Waals surface area contributed by atoms with Crippen LogP contribution in [-0.2, 0) is 4.79 Å². The van der Waals surface area contributed by atoms with Crippen LogP contribution in [0.5, 0.6) is 0 Å². The fraction of sp³-hybridized carbons (Fsp3) is 0.200. The molecule has 19 heavy (non-hydrogen) atoms. The number of nitrogens with zero attached hydrogens (tertiary/aromatic N) is 2. The number of hydrogen-bond acceptors (Lipinski definition) is 3. The number of carboxylic acids is 1. The van der Waals surface area contributed by atoms with Crippen molar-refractivity contribution in [3.63, 3.8) is 0 Å². The summed E-state index contributed by atoms with van der Waals surface area (Å²) in [6.45, 7) is -0.165. The van der Waals surface area contributed by atoms with E-state index in [1.165, 1.54) is 4.90 Å². The third-order valence-corrected chi connectivity index (χ3v) is 3.07.